The van der Waals surface area contributed by atoms with Gasteiger partial charge < -0.3 is 9.80 Å². The Morgan fingerprint density at radius 2 is 0.975 bits per heavy atom. The molecule has 1 aliphatic rings. The van der Waals surface area contributed by atoms with E-state index >= 15 is 0 Å². The zero-order chi connectivity index (χ0) is 26.9. The van der Waals surface area contributed by atoms with Crippen LogP contribution in [0, 0.1) is 11.3 Å². The second-order valence-corrected chi connectivity index (χ2v) is 9.63. The standard InChI is InChI=1S/C36H24N4/c37-25-29-11-9-15-32(38-29)27-22-20-26(21-23-27)28-10-8-14-31(24-28)40-35-18-6-4-16-33(35)39(30-12-2-1-3-13-30)34-17-5-7-19-36(34)40/h1-24H. The van der Waals surface area contributed by atoms with Crippen LogP contribution in [-0.4, -0.2) is 4.98 Å². The molecule has 4 nitrogen and oxygen atoms in total. The van der Waals surface area contributed by atoms with Crippen LogP contribution in [0.15, 0.2) is 146 Å². The number of benzene rings is 5. The van der Waals surface area contributed by atoms with Crippen molar-refractivity contribution in [1.29, 1.82) is 5.26 Å². The van der Waals surface area contributed by atoms with Gasteiger partial charge in [0.2, 0.25) is 0 Å². The second-order valence-electron chi connectivity index (χ2n) is 9.63. The first-order valence-electron chi connectivity index (χ1n) is 13.2. The largest absolute Gasteiger partial charge is 0.306 e. The van der Waals surface area contributed by atoms with Gasteiger partial charge in [-0.25, -0.2) is 4.98 Å². The first-order valence-corrected chi connectivity index (χ1v) is 13.2. The van der Waals surface area contributed by atoms with E-state index in [2.05, 4.69) is 148 Å². The number of nitriles is 1. The third-order valence-corrected chi connectivity index (χ3v) is 7.22. The quantitative estimate of drug-likeness (QED) is 0.235. The summed E-state index contributed by atoms with van der Waals surface area (Å²) >= 11 is 0. The molecule has 0 N–H and O–H groups in total. The average Bonchev–Trinajstić information content (AvgIpc) is 3.04. The van der Waals surface area contributed by atoms with E-state index in [1.165, 1.54) is 0 Å². The molecule has 188 valence electrons. The van der Waals surface area contributed by atoms with Crippen molar-refractivity contribution < 1.29 is 0 Å². The molecule has 0 atom stereocenters. The van der Waals surface area contributed by atoms with Gasteiger partial charge in [0, 0.05) is 16.9 Å². The van der Waals surface area contributed by atoms with Gasteiger partial charge in [0.1, 0.15) is 11.8 Å². The van der Waals surface area contributed by atoms with Crippen LogP contribution in [0.1, 0.15) is 5.69 Å². The predicted octanol–water partition coefficient (Wildman–Crippen LogP) is 9.54. The van der Waals surface area contributed by atoms with E-state index in [0.29, 0.717) is 5.69 Å². The molecule has 0 fully saturated rings. The Hall–Kier alpha value is -5.66. The van der Waals surface area contributed by atoms with Crippen molar-refractivity contribution in [2.24, 2.45) is 0 Å². The van der Waals surface area contributed by atoms with Gasteiger partial charge in [-0.2, -0.15) is 5.26 Å². The number of anilines is 6. The third-order valence-electron chi connectivity index (χ3n) is 7.22. The molecule has 7 rings (SSSR count). The molecule has 0 saturated carbocycles. The molecule has 40 heavy (non-hydrogen) atoms. The predicted molar refractivity (Wildman–Crippen MR) is 163 cm³/mol. The lowest BCUT2D eigenvalue weighted by molar-refractivity contribution is 1.17. The highest BCUT2D eigenvalue weighted by molar-refractivity contribution is 6.01. The summed E-state index contributed by atoms with van der Waals surface area (Å²) in [7, 11) is 0. The van der Waals surface area contributed by atoms with Gasteiger partial charge in [-0.15, -0.1) is 0 Å². The Kier molecular flexibility index (Phi) is 5.81. The van der Waals surface area contributed by atoms with Crippen LogP contribution in [0.25, 0.3) is 22.4 Å². The van der Waals surface area contributed by atoms with Gasteiger partial charge in [-0.1, -0.05) is 84.9 Å². The van der Waals surface area contributed by atoms with E-state index in [4.69, 9.17) is 0 Å². The Bertz CT molecular complexity index is 1820. The lowest BCUT2D eigenvalue weighted by Gasteiger charge is -2.40. The molecular weight excluding hydrogens is 488 g/mol. The van der Waals surface area contributed by atoms with Crippen LogP contribution in [0.5, 0.6) is 0 Å². The Morgan fingerprint density at radius 3 is 1.60 bits per heavy atom. The van der Waals surface area contributed by atoms with Crippen molar-refractivity contribution in [3.8, 4) is 28.5 Å². The van der Waals surface area contributed by atoms with Gasteiger partial charge in [0.25, 0.3) is 0 Å². The van der Waals surface area contributed by atoms with Gasteiger partial charge >= 0.3 is 0 Å². The Morgan fingerprint density at radius 1 is 0.450 bits per heavy atom. The normalized spacial score (nSPS) is 11.9. The number of nitrogens with zero attached hydrogens (tertiary/aromatic N) is 4. The van der Waals surface area contributed by atoms with Gasteiger partial charge in [0.05, 0.1) is 28.4 Å². The molecule has 0 bridgehead atoms. The summed E-state index contributed by atoms with van der Waals surface area (Å²) in [5, 5.41) is 9.21. The first-order chi connectivity index (χ1) is 19.8. The van der Waals surface area contributed by atoms with E-state index in [9.17, 15) is 5.26 Å². The maximum Gasteiger partial charge on any atom is 0.141 e. The topological polar surface area (TPSA) is 43.2 Å². The monoisotopic (exact) mass is 512 g/mol. The Balaban J connectivity index is 1.30. The molecule has 0 aliphatic carbocycles. The number of para-hydroxylation sites is 5. The highest BCUT2D eigenvalue weighted by Crippen LogP contribution is 2.54. The minimum absolute atomic E-state index is 0.419. The highest BCUT2D eigenvalue weighted by atomic mass is 15.3. The molecule has 1 aliphatic heterocycles. The average molecular weight is 513 g/mol. The summed E-state index contributed by atoms with van der Waals surface area (Å²) in [5.74, 6) is 0. The number of hydrogen-bond acceptors (Lipinski definition) is 4. The highest BCUT2D eigenvalue weighted by Gasteiger charge is 2.29. The van der Waals surface area contributed by atoms with Crippen molar-refractivity contribution in [2.45, 2.75) is 0 Å². The fraction of sp³-hybridized carbons (Fsp3) is 0. The summed E-state index contributed by atoms with van der Waals surface area (Å²) in [5.41, 5.74) is 11.2. The Labute approximate surface area is 233 Å². The lowest BCUT2D eigenvalue weighted by Crippen LogP contribution is -2.23. The van der Waals surface area contributed by atoms with Crippen molar-refractivity contribution in [3.05, 3.63) is 151 Å². The molecule has 0 saturated heterocycles. The zero-order valence-corrected chi connectivity index (χ0v) is 21.6. The van der Waals surface area contributed by atoms with Crippen molar-refractivity contribution in [1.82, 2.24) is 4.98 Å². The van der Waals surface area contributed by atoms with Crippen LogP contribution in [0.4, 0.5) is 34.1 Å². The zero-order valence-electron chi connectivity index (χ0n) is 21.6. The number of rotatable bonds is 4. The summed E-state index contributed by atoms with van der Waals surface area (Å²) < 4.78 is 0. The van der Waals surface area contributed by atoms with E-state index in [0.717, 1.165) is 56.5 Å². The second kappa shape index (κ2) is 9.90. The van der Waals surface area contributed by atoms with Crippen molar-refractivity contribution >= 4 is 34.1 Å². The number of pyridine rings is 1. The fourth-order valence-corrected chi connectivity index (χ4v) is 5.39. The van der Waals surface area contributed by atoms with Crippen LogP contribution in [0.3, 0.4) is 0 Å². The summed E-state index contributed by atoms with van der Waals surface area (Å²) in [4.78, 5) is 9.12. The fourth-order valence-electron chi connectivity index (χ4n) is 5.39. The lowest BCUT2D eigenvalue weighted by atomic mass is 10.0. The molecule has 0 unspecified atom stereocenters. The number of fused-ring (bicyclic) bond motifs is 2. The van der Waals surface area contributed by atoms with E-state index in [1.807, 2.05) is 12.1 Å². The molecule has 0 radical (unpaired) electrons. The molecule has 4 heteroatoms. The van der Waals surface area contributed by atoms with Crippen molar-refractivity contribution in [2.75, 3.05) is 9.80 Å². The summed E-state index contributed by atoms with van der Waals surface area (Å²) in [6.07, 6.45) is 0. The van der Waals surface area contributed by atoms with E-state index < -0.39 is 0 Å². The van der Waals surface area contributed by atoms with E-state index in [-0.39, 0.29) is 0 Å². The minimum Gasteiger partial charge on any atom is -0.306 e. The van der Waals surface area contributed by atoms with Crippen LogP contribution >= 0.6 is 0 Å². The number of aromatic nitrogens is 1. The maximum atomic E-state index is 9.21. The number of hydrogen-bond donors (Lipinski definition) is 0. The first kappa shape index (κ1) is 23.5. The van der Waals surface area contributed by atoms with Crippen molar-refractivity contribution in [3.63, 3.8) is 0 Å². The molecule has 6 aromatic rings. The molecular formula is C36H24N4. The van der Waals surface area contributed by atoms with Gasteiger partial charge in [-0.3, -0.25) is 0 Å². The van der Waals surface area contributed by atoms with Crippen LogP contribution in [0.2, 0.25) is 0 Å². The summed E-state index contributed by atoms with van der Waals surface area (Å²) in [6, 6.07) is 52.3. The molecule has 5 aromatic carbocycles. The van der Waals surface area contributed by atoms with Gasteiger partial charge in [0.15, 0.2) is 0 Å². The molecule has 0 amide bonds. The minimum atomic E-state index is 0.419. The molecule has 0 spiro atoms. The van der Waals surface area contributed by atoms with Crippen LogP contribution in [-0.2, 0) is 0 Å². The van der Waals surface area contributed by atoms with Crippen LogP contribution < -0.4 is 9.80 Å². The molecule has 1 aromatic heterocycles. The summed E-state index contributed by atoms with van der Waals surface area (Å²) in [6.45, 7) is 0. The smallest absolute Gasteiger partial charge is 0.141 e. The van der Waals surface area contributed by atoms with Gasteiger partial charge in [-0.05, 0) is 71.8 Å². The SMILES string of the molecule is N#Cc1cccc(-c2ccc(-c3cccc(N4c5ccccc5N(c5ccccc5)c5ccccc54)c3)cc2)n1. The van der Waals surface area contributed by atoms with E-state index in [1.54, 1.807) is 6.07 Å². The third kappa shape index (κ3) is 4.07. The molecule has 2 heterocycles. The maximum absolute atomic E-state index is 9.21.